The molecular weight excluding hydrogens is 261 g/mol. The Hall–Kier alpha value is -1.27. The van der Waals surface area contributed by atoms with E-state index in [1.54, 1.807) is 0 Å². The van der Waals surface area contributed by atoms with Gasteiger partial charge in [0.15, 0.2) is 23.6 Å². The van der Waals surface area contributed by atoms with E-state index < -0.39 is 29.5 Å². The number of benzene rings is 1. The molecule has 0 fully saturated rings. The van der Waals surface area contributed by atoms with Crippen LogP contribution in [0.5, 0.6) is 0 Å². The van der Waals surface area contributed by atoms with Crippen molar-refractivity contribution < 1.29 is 27.8 Å². The molecule has 1 N–H and O–H groups in total. The summed E-state index contributed by atoms with van der Waals surface area (Å²) in [6.45, 7) is -0.112. The summed E-state index contributed by atoms with van der Waals surface area (Å²) in [4.78, 5) is 10.8. The quantitative estimate of drug-likeness (QED) is 0.659. The van der Waals surface area contributed by atoms with Gasteiger partial charge in [0, 0.05) is 5.88 Å². The predicted molar refractivity (Wildman–Crippen MR) is 53.4 cm³/mol. The van der Waals surface area contributed by atoms with Gasteiger partial charge in [-0.25, -0.2) is 18.0 Å². The van der Waals surface area contributed by atoms with Gasteiger partial charge >= 0.3 is 5.97 Å². The lowest BCUT2D eigenvalue weighted by atomic mass is 10.1. The van der Waals surface area contributed by atoms with Crippen molar-refractivity contribution >= 4 is 17.6 Å². The van der Waals surface area contributed by atoms with E-state index in [-0.39, 0.29) is 18.1 Å². The first kappa shape index (κ1) is 13.8. The van der Waals surface area contributed by atoms with Gasteiger partial charge in [0.05, 0.1) is 6.61 Å². The zero-order valence-corrected chi connectivity index (χ0v) is 9.18. The number of alkyl halides is 1. The summed E-state index contributed by atoms with van der Waals surface area (Å²) >= 11 is 5.30. The van der Waals surface area contributed by atoms with Crippen LogP contribution in [0.25, 0.3) is 0 Å². The van der Waals surface area contributed by atoms with Crippen LogP contribution in [0.1, 0.15) is 11.7 Å². The monoisotopic (exact) mass is 268 g/mol. The average Bonchev–Trinajstić information content (AvgIpc) is 2.25. The molecule has 17 heavy (non-hydrogen) atoms. The third-order valence-electron chi connectivity index (χ3n) is 1.89. The molecule has 1 rings (SSSR count). The molecule has 1 aromatic rings. The van der Waals surface area contributed by atoms with Crippen molar-refractivity contribution in [1.82, 2.24) is 0 Å². The van der Waals surface area contributed by atoms with E-state index in [4.69, 9.17) is 21.4 Å². The minimum Gasteiger partial charge on any atom is -0.479 e. The second kappa shape index (κ2) is 5.88. The van der Waals surface area contributed by atoms with Gasteiger partial charge in [-0.2, -0.15) is 0 Å². The number of aliphatic carboxylic acids is 1. The SMILES string of the molecule is O=C(O)C(OCCCl)c1cc(F)c(F)c(F)c1. The minimum atomic E-state index is -1.66. The third-order valence-corrected chi connectivity index (χ3v) is 2.05. The van der Waals surface area contributed by atoms with Crippen LogP contribution in [0.4, 0.5) is 13.2 Å². The van der Waals surface area contributed by atoms with Gasteiger partial charge in [0.25, 0.3) is 0 Å². The Morgan fingerprint density at radius 3 is 2.29 bits per heavy atom. The van der Waals surface area contributed by atoms with Crippen molar-refractivity contribution in [3.05, 3.63) is 35.1 Å². The summed E-state index contributed by atoms with van der Waals surface area (Å²) in [5.74, 6) is -6.02. The zero-order chi connectivity index (χ0) is 13.0. The zero-order valence-electron chi connectivity index (χ0n) is 8.42. The molecule has 0 saturated carbocycles. The normalized spacial score (nSPS) is 12.5. The maximum Gasteiger partial charge on any atom is 0.337 e. The second-order valence-corrected chi connectivity index (χ2v) is 3.45. The molecule has 0 saturated heterocycles. The number of carboxylic acid groups (broad SMARTS) is 1. The van der Waals surface area contributed by atoms with E-state index in [1.165, 1.54) is 0 Å². The second-order valence-electron chi connectivity index (χ2n) is 3.08. The Kier molecular flexibility index (Phi) is 4.77. The lowest BCUT2D eigenvalue weighted by molar-refractivity contribution is -0.150. The van der Waals surface area contributed by atoms with E-state index in [0.717, 1.165) is 0 Å². The van der Waals surface area contributed by atoms with Gasteiger partial charge in [-0.3, -0.25) is 0 Å². The minimum absolute atomic E-state index is 0.0237. The fourth-order valence-corrected chi connectivity index (χ4v) is 1.29. The van der Waals surface area contributed by atoms with E-state index in [2.05, 4.69) is 0 Å². The summed E-state index contributed by atoms with van der Waals surface area (Å²) < 4.78 is 43.3. The van der Waals surface area contributed by atoms with Crippen molar-refractivity contribution in [3.8, 4) is 0 Å². The number of ether oxygens (including phenoxy) is 1. The van der Waals surface area contributed by atoms with E-state index in [9.17, 15) is 18.0 Å². The van der Waals surface area contributed by atoms with Crippen LogP contribution in [-0.2, 0) is 9.53 Å². The van der Waals surface area contributed by atoms with Crippen LogP contribution in [0.15, 0.2) is 12.1 Å². The van der Waals surface area contributed by atoms with Crippen LogP contribution in [-0.4, -0.2) is 23.6 Å². The van der Waals surface area contributed by atoms with E-state index >= 15 is 0 Å². The lowest BCUT2D eigenvalue weighted by Gasteiger charge is -2.13. The molecule has 0 heterocycles. The summed E-state index contributed by atoms with van der Waals surface area (Å²) in [6, 6.07) is 1.15. The van der Waals surface area contributed by atoms with Gasteiger partial charge in [-0.05, 0) is 17.7 Å². The van der Waals surface area contributed by atoms with Gasteiger partial charge in [0.2, 0.25) is 0 Å². The number of hydrogen-bond acceptors (Lipinski definition) is 2. The predicted octanol–water partition coefficient (Wildman–Crippen LogP) is 2.49. The third kappa shape index (κ3) is 3.34. The lowest BCUT2D eigenvalue weighted by Crippen LogP contribution is -2.17. The Labute approximate surface area is 99.8 Å². The maximum atomic E-state index is 12.9. The maximum absolute atomic E-state index is 12.9. The van der Waals surface area contributed by atoms with Gasteiger partial charge in [-0.15, -0.1) is 11.6 Å². The van der Waals surface area contributed by atoms with Crippen molar-refractivity contribution in [1.29, 1.82) is 0 Å². The first-order valence-corrected chi connectivity index (χ1v) is 5.05. The molecule has 1 atom stereocenters. The fraction of sp³-hybridized carbons (Fsp3) is 0.300. The molecule has 1 unspecified atom stereocenters. The summed E-state index contributed by atoms with van der Waals surface area (Å²) in [5, 5.41) is 8.80. The van der Waals surface area contributed by atoms with Crippen LogP contribution in [0.2, 0.25) is 0 Å². The Balaban J connectivity index is 3.06. The molecule has 0 aliphatic carbocycles. The summed E-state index contributed by atoms with van der Waals surface area (Å²) in [5.41, 5.74) is -0.320. The Bertz CT molecular complexity index is 402. The molecule has 1 aromatic carbocycles. The number of halogens is 4. The molecule has 3 nitrogen and oxygen atoms in total. The van der Waals surface area contributed by atoms with Gasteiger partial charge in [0.1, 0.15) is 0 Å². The molecule has 7 heteroatoms. The van der Waals surface area contributed by atoms with Crippen molar-refractivity contribution in [3.63, 3.8) is 0 Å². The van der Waals surface area contributed by atoms with E-state index in [1.807, 2.05) is 0 Å². The molecular formula is C10H8ClF3O3. The molecule has 0 radical (unpaired) electrons. The molecule has 0 aromatic heterocycles. The molecule has 0 aliphatic rings. The first-order chi connectivity index (χ1) is 7.97. The van der Waals surface area contributed by atoms with Crippen LogP contribution in [0.3, 0.4) is 0 Å². The van der Waals surface area contributed by atoms with Crippen molar-refractivity contribution in [2.24, 2.45) is 0 Å². The molecule has 0 aliphatic heterocycles. The van der Waals surface area contributed by atoms with Crippen molar-refractivity contribution in [2.45, 2.75) is 6.10 Å². The van der Waals surface area contributed by atoms with Gasteiger partial charge in [-0.1, -0.05) is 0 Å². The standard InChI is InChI=1S/C10H8ClF3O3/c11-1-2-17-9(10(15)16)5-3-6(12)8(14)7(13)4-5/h3-4,9H,1-2H2,(H,15,16). The summed E-state index contributed by atoms with van der Waals surface area (Å²) in [6.07, 6.45) is -1.58. The average molecular weight is 269 g/mol. The highest BCUT2D eigenvalue weighted by molar-refractivity contribution is 6.17. The highest BCUT2D eigenvalue weighted by atomic mass is 35.5. The van der Waals surface area contributed by atoms with Crippen LogP contribution >= 0.6 is 11.6 Å². The first-order valence-electron chi connectivity index (χ1n) is 4.52. The molecule has 0 bridgehead atoms. The molecule has 94 valence electrons. The smallest absolute Gasteiger partial charge is 0.337 e. The Morgan fingerprint density at radius 1 is 1.35 bits per heavy atom. The number of carboxylic acids is 1. The largest absolute Gasteiger partial charge is 0.479 e. The highest BCUT2D eigenvalue weighted by Crippen LogP contribution is 2.22. The van der Waals surface area contributed by atoms with E-state index in [0.29, 0.717) is 12.1 Å². The number of rotatable bonds is 5. The van der Waals surface area contributed by atoms with Gasteiger partial charge < -0.3 is 9.84 Å². The number of carbonyl (C=O) groups is 1. The summed E-state index contributed by atoms with van der Waals surface area (Å²) in [7, 11) is 0. The van der Waals surface area contributed by atoms with Crippen molar-refractivity contribution in [2.75, 3.05) is 12.5 Å². The van der Waals surface area contributed by atoms with Crippen LogP contribution < -0.4 is 0 Å². The fourth-order valence-electron chi connectivity index (χ4n) is 1.20. The topological polar surface area (TPSA) is 46.5 Å². The van der Waals surface area contributed by atoms with Crippen LogP contribution in [0, 0.1) is 17.5 Å². The highest BCUT2D eigenvalue weighted by Gasteiger charge is 2.23. The molecule has 0 amide bonds. The molecule has 0 spiro atoms. The Morgan fingerprint density at radius 2 is 1.88 bits per heavy atom. The number of hydrogen-bond donors (Lipinski definition) is 1.